The van der Waals surface area contributed by atoms with Crippen LogP contribution in [0.25, 0.3) is 0 Å². The predicted octanol–water partition coefficient (Wildman–Crippen LogP) is 4.05. The minimum absolute atomic E-state index is 0.112. The number of nitrogens with one attached hydrogen (secondary N) is 3. The van der Waals surface area contributed by atoms with Gasteiger partial charge in [0.05, 0.1) is 0 Å². The lowest BCUT2D eigenvalue weighted by atomic mass is 10.0. The minimum Gasteiger partial charge on any atom is -0.483 e. The Morgan fingerprint density at radius 2 is 1.52 bits per heavy atom. The van der Waals surface area contributed by atoms with E-state index in [9.17, 15) is 9.59 Å². The Balaban J connectivity index is 1.59. The first-order valence-electron chi connectivity index (χ1n) is 9.27. The molecule has 0 unspecified atom stereocenters. The average molecular weight is 389 g/mol. The van der Waals surface area contributed by atoms with Crippen LogP contribution < -0.4 is 20.7 Å². The first-order valence-corrected chi connectivity index (χ1v) is 9.27. The number of benzene rings is 3. The summed E-state index contributed by atoms with van der Waals surface area (Å²) in [6.07, 6.45) is 0.728. The fourth-order valence-corrected chi connectivity index (χ4v) is 2.82. The lowest BCUT2D eigenvalue weighted by Gasteiger charge is -2.12. The molecule has 29 heavy (non-hydrogen) atoms. The van der Waals surface area contributed by atoms with Crippen LogP contribution in [0.1, 0.15) is 11.1 Å². The van der Waals surface area contributed by atoms with Gasteiger partial charge in [0.2, 0.25) is 0 Å². The van der Waals surface area contributed by atoms with Crippen LogP contribution in [0.4, 0.5) is 16.2 Å². The number of hydrogen-bond acceptors (Lipinski definition) is 3. The Morgan fingerprint density at radius 3 is 2.28 bits per heavy atom. The van der Waals surface area contributed by atoms with Crippen molar-refractivity contribution in [3.8, 4) is 5.75 Å². The van der Waals surface area contributed by atoms with Gasteiger partial charge in [-0.1, -0.05) is 54.6 Å². The van der Waals surface area contributed by atoms with Crippen LogP contribution in [0.3, 0.4) is 0 Å². The van der Waals surface area contributed by atoms with E-state index in [-0.39, 0.29) is 18.5 Å². The molecule has 0 bridgehead atoms. The molecule has 0 atom stereocenters. The molecule has 0 radical (unpaired) electrons. The van der Waals surface area contributed by atoms with E-state index in [0.29, 0.717) is 17.1 Å². The highest BCUT2D eigenvalue weighted by Gasteiger charge is 2.08. The molecule has 0 aromatic heterocycles. The number of amides is 3. The molecule has 148 valence electrons. The van der Waals surface area contributed by atoms with Gasteiger partial charge in [-0.3, -0.25) is 4.79 Å². The summed E-state index contributed by atoms with van der Waals surface area (Å²) in [6, 6.07) is 24.4. The summed E-state index contributed by atoms with van der Waals surface area (Å²) < 4.78 is 5.76. The maximum absolute atomic E-state index is 12.3. The summed E-state index contributed by atoms with van der Waals surface area (Å²) >= 11 is 0. The van der Waals surface area contributed by atoms with Crippen LogP contribution >= 0.6 is 0 Å². The van der Waals surface area contributed by atoms with Gasteiger partial charge < -0.3 is 20.7 Å². The Bertz CT molecular complexity index is 974. The summed E-state index contributed by atoms with van der Waals surface area (Å²) in [7, 11) is 1.54. The number of anilines is 2. The van der Waals surface area contributed by atoms with Crippen LogP contribution in [-0.2, 0) is 11.2 Å². The molecule has 0 heterocycles. The second-order valence-electron chi connectivity index (χ2n) is 6.39. The average Bonchev–Trinajstić information content (AvgIpc) is 2.74. The van der Waals surface area contributed by atoms with Gasteiger partial charge in [0.25, 0.3) is 5.91 Å². The van der Waals surface area contributed by atoms with Crippen LogP contribution in [0.15, 0.2) is 78.9 Å². The quantitative estimate of drug-likeness (QED) is 0.570. The molecule has 0 spiro atoms. The Morgan fingerprint density at radius 1 is 0.828 bits per heavy atom. The molecule has 0 fully saturated rings. The number of rotatable bonds is 7. The summed E-state index contributed by atoms with van der Waals surface area (Å²) in [5.41, 5.74) is 3.35. The molecular formula is C23H23N3O3. The fraction of sp³-hybridized carbons (Fsp3) is 0.130. The normalized spacial score (nSPS) is 10.1. The second kappa shape index (κ2) is 9.94. The number of hydrogen-bond donors (Lipinski definition) is 3. The van der Waals surface area contributed by atoms with Crippen LogP contribution in [0.5, 0.6) is 5.75 Å². The number of para-hydroxylation sites is 1. The first kappa shape index (κ1) is 19.9. The first-order chi connectivity index (χ1) is 14.1. The lowest BCUT2D eigenvalue weighted by molar-refractivity contribution is -0.118. The van der Waals surface area contributed by atoms with E-state index in [1.54, 1.807) is 24.3 Å². The molecular weight excluding hydrogens is 366 g/mol. The number of ether oxygens (including phenoxy) is 1. The van der Waals surface area contributed by atoms with Gasteiger partial charge in [-0.25, -0.2) is 4.79 Å². The van der Waals surface area contributed by atoms with Gasteiger partial charge in [0, 0.05) is 24.8 Å². The summed E-state index contributed by atoms with van der Waals surface area (Å²) in [5, 5.41) is 7.92. The zero-order valence-corrected chi connectivity index (χ0v) is 16.1. The van der Waals surface area contributed by atoms with Gasteiger partial charge in [-0.2, -0.15) is 0 Å². The Labute approximate surface area is 169 Å². The van der Waals surface area contributed by atoms with E-state index in [1.165, 1.54) is 12.6 Å². The molecule has 0 aliphatic heterocycles. The third-order valence-corrected chi connectivity index (χ3v) is 4.20. The molecule has 0 aliphatic rings. The third-order valence-electron chi connectivity index (χ3n) is 4.20. The minimum atomic E-state index is -0.327. The van der Waals surface area contributed by atoms with Crippen LogP contribution in [0.2, 0.25) is 0 Å². The van der Waals surface area contributed by atoms with Crippen molar-refractivity contribution in [3.05, 3.63) is 90.0 Å². The maximum Gasteiger partial charge on any atom is 0.318 e. The van der Waals surface area contributed by atoms with Crippen molar-refractivity contribution in [3.63, 3.8) is 0 Å². The van der Waals surface area contributed by atoms with Crippen LogP contribution in [-0.4, -0.2) is 25.6 Å². The van der Waals surface area contributed by atoms with E-state index in [4.69, 9.17) is 4.74 Å². The van der Waals surface area contributed by atoms with E-state index in [0.717, 1.165) is 12.0 Å². The highest BCUT2D eigenvalue weighted by molar-refractivity contribution is 5.94. The van der Waals surface area contributed by atoms with Gasteiger partial charge in [-0.15, -0.1) is 0 Å². The third kappa shape index (κ3) is 6.10. The molecule has 0 saturated carbocycles. The molecule has 0 aliphatic carbocycles. The summed E-state index contributed by atoms with van der Waals surface area (Å²) in [6.45, 7) is -0.112. The van der Waals surface area contributed by atoms with Crippen molar-refractivity contribution >= 4 is 23.3 Å². The van der Waals surface area contributed by atoms with Gasteiger partial charge in [-0.05, 0) is 35.4 Å². The molecule has 3 rings (SSSR count). The van der Waals surface area contributed by atoms with Crippen LogP contribution in [0, 0.1) is 0 Å². The number of carbonyl (C=O) groups excluding carboxylic acids is 2. The number of carbonyl (C=O) groups is 2. The maximum atomic E-state index is 12.3. The molecule has 6 nitrogen and oxygen atoms in total. The molecule has 3 N–H and O–H groups in total. The van der Waals surface area contributed by atoms with E-state index < -0.39 is 0 Å². The molecule has 0 saturated heterocycles. The van der Waals surface area contributed by atoms with Crippen molar-refractivity contribution < 1.29 is 14.3 Å². The largest absolute Gasteiger partial charge is 0.483 e. The van der Waals surface area contributed by atoms with Crippen molar-refractivity contribution in [1.82, 2.24) is 5.32 Å². The number of urea groups is 1. The van der Waals surface area contributed by atoms with Crippen molar-refractivity contribution in [2.45, 2.75) is 6.42 Å². The SMILES string of the molecule is CNC(=O)Nc1cccc(NC(=O)COc2ccccc2Cc2ccccc2)c1. The van der Waals surface area contributed by atoms with E-state index in [1.807, 2.05) is 42.5 Å². The zero-order chi connectivity index (χ0) is 20.5. The predicted molar refractivity (Wildman–Crippen MR) is 114 cm³/mol. The highest BCUT2D eigenvalue weighted by atomic mass is 16.5. The molecule has 3 aromatic rings. The van der Waals surface area contributed by atoms with Gasteiger partial charge in [0.1, 0.15) is 5.75 Å². The smallest absolute Gasteiger partial charge is 0.318 e. The van der Waals surface area contributed by atoms with Crippen molar-refractivity contribution in [1.29, 1.82) is 0 Å². The second-order valence-corrected chi connectivity index (χ2v) is 6.39. The zero-order valence-electron chi connectivity index (χ0n) is 16.1. The molecule has 3 aromatic carbocycles. The van der Waals surface area contributed by atoms with E-state index >= 15 is 0 Å². The fourth-order valence-electron chi connectivity index (χ4n) is 2.82. The monoisotopic (exact) mass is 389 g/mol. The Kier molecular flexibility index (Phi) is 6.84. The molecule has 3 amide bonds. The summed E-state index contributed by atoms with van der Waals surface area (Å²) in [4.78, 5) is 23.7. The summed E-state index contributed by atoms with van der Waals surface area (Å²) in [5.74, 6) is 0.401. The van der Waals surface area contributed by atoms with Gasteiger partial charge in [0.15, 0.2) is 6.61 Å². The molecule has 6 heteroatoms. The lowest BCUT2D eigenvalue weighted by Crippen LogP contribution is -2.24. The van der Waals surface area contributed by atoms with E-state index in [2.05, 4.69) is 28.1 Å². The van der Waals surface area contributed by atoms with Gasteiger partial charge >= 0.3 is 6.03 Å². The topological polar surface area (TPSA) is 79.5 Å². The van der Waals surface area contributed by atoms with Crippen molar-refractivity contribution in [2.24, 2.45) is 0 Å². The van der Waals surface area contributed by atoms with Crippen molar-refractivity contribution in [2.75, 3.05) is 24.3 Å². The highest BCUT2D eigenvalue weighted by Crippen LogP contribution is 2.21. The standard InChI is InChI=1S/C23H23N3O3/c1-24-23(28)26-20-12-7-11-19(15-20)25-22(27)16-29-21-13-6-5-10-18(21)14-17-8-3-2-4-9-17/h2-13,15H,14,16H2,1H3,(H,25,27)(H2,24,26,28). The Hall–Kier alpha value is -3.80.